The molecular formula is C13H10Br2N2S2. The van der Waals surface area contributed by atoms with Crippen LogP contribution in [0.1, 0.15) is 5.56 Å². The maximum absolute atomic E-state index is 4.53. The van der Waals surface area contributed by atoms with Crippen LogP contribution >= 0.6 is 56.0 Å². The first-order chi connectivity index (χ1) is 8.84. The van der Waals surface area contributed by atoms with Crippen molar-refractivity contribution in [2.45, 2.75) is 0 Å². The van der Waals surface area contributed by atoms with Gasteiger partial charge in [0.2, 0.25) is 0 Å². The van der Waals surface area contributed by atoms with Crippen LogP contribution < -0.4 is 0 Å². The quantitative estimate of drug-likeness (QED) is 0.654. The average Bonchev–Trinajstić information content (AvgIpc) is 3.03. The largest absolute Gasteiger partial charge is 0.317 e. The number of thioether (sulfide) groups is 1. The van der Waals surface area contributed by atoms with E-state index in [1.807, 2.05) is 0 Å². The molecule has 2 nitrogen and oxygen atoms in total. The van der Waals surface area contributed by atoms with Gasteiger partial charge < -0.3 is 4.90 Å². The molecule has 1 aromatic heterocycles. The molecule has 0 bridgehead atoms. The maximum atomic E-state index is 4.53. The number of nitrogens with zero attached hydrogens (tertiary/aromatic N) is 2. The molecule has 98 valence electrons. The van der Waals surface area contributed by atoms with Gasteiger partial charge in [0.15, 0.2) is 5.17 Å². The molecule has 3 heterocycles. The lowest BCUT2D eigenvalue weighted by Crippen LogP contribution is -2.19. The van der Waals surface area contributed by atoms with Gasteiger partial charge in [-0.2, -0.15) is 0 Å². The molecule has 2 aromatic rings. The molecule has 0 radical (unpaired) electrons. The minimum Gasteiger partial charge on any atom is -0.317 e. The van der Waals surface area contributed by atoms with Crippen LogP contribution in [-0.4, -0.2) is 23.2 Å². The Balaban J connectivity index is 0.00000110. The zero-order valence-corrected chi connectivity index (χ0v) is 14.7. The van der Waals surface area contributed by atoms with Gasteiger partial charge in [-0.05, 0) is 33.8 Å². The van der Waals surface area contributed by atoms with Crippen LogP contribution in [0.3, 0.4) is 0 Å². The molecular weight excluding hydrogens is 408 g/mol. The minimum atomic E-state index is 0. The number of aliphatic imine (C=N–C) groups is 1. The van der Waals surface area contributed by atoms with Gasteiger partial charge in [-0.25, -0.2) is 0 Å². The van der Waals surface area contributed by atoms with Crippen molar-refractivity contribution in [2.24, 2.45) is 4.99 Å². The Kier molecular flexibility index (Phi) is 3.77. The average molecular weight is 418 g/mol. The molecule has 2 aliphatic rings. The van der Waals surface area contributed by atoms with Gasteiger partial charge in [0, 0.05) is 27.6 Å². The second kappa shape index (κ2) is 5.24. The van der Waals surface area contributed by atoms with Crippen molar-refractivity contribution in [1.29, 1.82) is 0 Å². The third-order valence-electron chi connectivity index (χ3n) is 3.17. The van der Waals surface area contributed by atoms with Gasteiger partial charge in [-0.3, -0.25) is 4.99 Å². The number of halogens is 2. The maximum Gasteiger partial charge on any atom is 0.169 e. The van der Waals surface area contributed by atoms with Crippen LogP contribution in [0, 0.1) is 0 Å². The number of thiophene rings is 1. The van der Waals surface area contributed by atoms with Gasteiger partial charge in [0.25, 0.3) is 0 Å². The molecule has 0 aliphatic carbocycles. The smallest absolute Gasteiger partial charge is 0.169 e. The molecule has 0 N–H and O–H groups in total. The second-order valence-corrected chi connectivity index (χ2v) is 7.39. The summed E-state index contributed by atoms with van der Waals surface area (Å²) in [5.41, 5.74) is 2.61. The molecule has 0 saturated carbocycles. The molecule has 0 amide bonds. The van der Waals surface area contributed by atoms with Gasteiger partial charge in [0.1, 0.15) is 0 Å². The summed E-state index contributed by atoms with van der Waals surface area (Å²) in [5.74, 6) is 0. The Hall–Kier alpha value is -0.300. The van der Waals surface area contributed by atoms with E-state index in [-0.39, 0.29) is 17.0 Å². The van der Waals surface area contributed by atoms with Gasteiger partial charge in [-0.1, -0.05) is 18.2 Å². The van der Waals surface area contributed by atoms with E-state index in [1.54, 1.807) is 23.1 Å². The van der Waals surface area contributed by atoms with E-state index in [1.165, 1.54) is 25.2 Å². The summed E-state index contributed by atoms with van der Waals surface area (Å²) in [4.78, 5) is 6.85. The second-order valence-electron chi connectivity index (χ2n) is 4.19. The molecule has 1 aromatic carbocycles. The van der Waals surface area contributed by atoms with E-state index in [4.69, 9.17) is 0 Å². The number of amidine groups is 1. The molecule has 0 unspecified atom stereocenters. The fourth-order valence-electron chi connectivity index (χ4n) is 2.37. The predicted molar refractivity (Wildman–Crippen MR) is 94.6 cm³/mol. The Bertz CT molecular complexity index is 705. The lowest BCUT2D eigenvalue weighted by molar-refractivity contribution is 0.650. The summed E-state index contributed by atoms with van der Waals surface area (Å²) in [6.45, 7) is 1.91. The first-order valence-corrected chi connectivity index (χ1v) is 8.20. The highest BCUT2D eigenvalue weighted by atomic mass is 79.9. The van der Waals surface area contributed by atoms with Crippen molar-refractivity contribution in [3.05, 3.63) is 39.0 Å². The number of rotatable bonds is 1. The van der Waals surface area contributed by atoms with Gasteiger partial charge in [-0.15, -0.1) is 28.3 Å². The first kappa shape index (κ1) is 13.7. The minimum absolute atomic E-state index is 0. The van der Waals surface area contributed by atoms with Crippen LogP contribution in [-0.2, 0) is 0 Å². The summed E-state index contributed by atoms with van der Waals surface area (Å²) in [6, 6.07) is 8.58. The molecule has 0 saturated heterocycles. The number of benzene rings is 1. The zero-order valence-electron chi connectivity index (χ0n) is 9.80. The highest BCUT2D eigenvalue weighted by Gasteiger charge is 2.32. The fourth-order valence-corrected chi connectivity index (χ4v) is 5.10. The molecule has 0 spiro atoms. The first-order valence-electron chi connectivity index (χ1n) is 5.71. The summed E-state index contributed by atoms with van der Waals surface area (Å²) in [5, 5.41) is 4.72. The number of hydrogen-bond donors (Lipinski definition) is 0. The van der Waals surface area contributed by atoms with Crippen LogP contribution in [0.4, 0.5) is 0 Å². The van der Waals surface area contributed by atoms with Crippen molar-refractivity contribution in [3.8, 4) is 0 Å². The van der Waals surface area contributed by atoms with E-state index >= 15 is 0 Å². The van der Waals surface area contributed by atoms with E-state index < -0.39 is 0 Å². The molecule has 0 atom stereocenters. The van der Waals surface area contributed by atoms with E-state index in [0.29, 0.717) is 0 Å². The summed E-state index contributed by atoms with van der Waals surface area (Å²) < 4.78 is 2.53. The Morgan fingerprint density at radius 1 is 1.26 bits per heavy atom. The van der Waals surface area contributed by atoms with E-state index in [9.17, 15) is 0 Å². The Morgan fingerprint density at radius 3 is 3.00 bits per heavy atom. The van der Waals surface area contributed by atoms with E-state index in [0.717, 1.165) is 18.3 Å². The van der Waals surface area contributed by atoms with Crippen molar-refractivity contribution < 1.29 is 0 Å². The van der Waals surface area contributed by atoms with E-state index in [2.05, 4.69) is 55.5 Å². The normalized spacial score (nSPS) is 17.7. The Morgan fingerprint density at radius 2 is 2.11 bits per heavy atom. The van der Waals surface area contributed by atoms with Crippen LogP contribution in [0.15, 0.2) is 38.5 Å². The third-order valence-corrected chi connectivity index (χ3v) is 5.90. The SMILES string of the molecule is Br.BrC1=C(c2csc3ccccc23)N2CCN=C2S1. The monoisotopic (exact) mass is 416 g/mol. The summed E-state index contributed by atoms with van der Waals surface area (Å²) >= 11 is 7.23. The summed E-state index contributed by atoms with van der Waals surface area (Å²) in [6.07, 6.45) is 0. The van der Waals surface area contributed by atoms with Crippen molar-refractivity contribution in [1.82, 2.24) is 4.90 Å². The third kappa shape index (κ3) is 2.09. The lowest BCUT2D eigenvalue weighted by Gasteiger charge is -2.15. The van der Waals surface area contributed by atoms with Crippen molar-refractivity contribution >= 4 is 77.0 Å². The highest BCUT2D eigenvalue weighted by Crippen LogP contribution is 2.47. The van der Waals surface area contributed by atoms with Crippen molar-refractivity contribution in [2.75, 3.05) is 13.1 Å². The summed E-state index contributed by atoms with van der Waals surface area (Å²) in [7, 11) is 0. The lowest BCUT2D eigenvalue weighted by atomic mass is 10.1. The topological polar surface area (TPSA) is 15.6 Å². The fraction of sp³-hybridized carbons (Fsp3) is 0.154. The molecule has 0 fully saturated rings. The van der Waals surface area contributed by atoms with Crippen LogP contribution in [0.5, 0.6) is 0 Å². The molecule has 19 heavy (non-hydrogen) atoms. The van der Waals surface area contributed by atoms with Gasteiger partial charge >= 0.3 is 0 Å². The molecule has 4 rings (SSSR count). The highest BCUT2D eigenvalue weighted by molar-refractivity contribution is 9.14. The Labute approximate surface area is 138 Å². The standard InChI is InChI=1S/C13H9BrN2S2.BrH/c14-12-11(16-6-5-15-13(16)18-12)9-7-17-10-4-2-1-3-8(9)10;/h1-4,7H,5-6H2;1H. The molecule has 6 heteroatoms. The van der Waals surface area contributed by atoms with Crippen LogP contribution in [0.25, 0.3) is 15.8 Å². The van der Waals surface area contributed by atoms with Crippen molar-refractivity contribution in [3.63, 3.8) is 0 Å². The number of hydrogen-bond acceptors (Lipinski definition) is 4. The number of fused-ring (bicyclic) bond motifs is 2. The zero-order chi connectivity index (χ0) is 12.1. The molecule has 2 aliphatic heterocycles. The predicted octanol–water partition coefficient (Wildman–Crippen LogP) is 4.92. The van der Waals surface area contributed by atoms with Gasteiger partial charge in [0.05, 0.1) is 16.1 Å². The van der Waals surface area contributed by atoms with Crippen LogP contribution in [0.2, 0.25) is 0 Å².